The molecule has 0 aliphatic heterocycles. The van der Waals surface area contributed by atoms with Gasteiger partial charge in [-0.15, -0.1) is 0 Å². The second-order valence-corrected chi connectivity index (χ2v) is 31.1. The predicted molar refractivity (Wildman–Crippen MR) is 300 cm³/mol. The van der Waals surface area contributed by atoms with Crippen molar-refractivity contribution in [2.75, 3.05) is 12.3 Å². The van der Waals surface area contributed by atoms with Gasteiger partial charge in [-0.2, -0.15) is 0 Å². The monoisotopic (exact) mass is 967 g/mol. The highest BCUT2D eigenvalue weighted by atomic mass is 31.2. The van der Waals surface area contributed by atoms with Gasteiger partial charge < -0.3 is 18.1 Å². The van der Waals surface area contributed by atoms with Crippen LogP contribution < -0.4 is 18.1 Å². The maximum Gasteiger partial charge on any atom is 0.290 e. The van der Waals surface area contributed by atoms with Gasteiger partial charge in [0, 0.05) is 22.3 Å². The van der Waals surface area contributed by atoms with Gasteiger partial charge in [0.15, 0.2) is 0 Å². The Morgan fingerprint density at radius 2 is 0.397 bits per heavy atom. The molecule has 4 aromatic rings. The Bertz CT molecular complexity index is 2080. The summed E-state index contributed by atoms with van der Waals surface area (Å²) < 4.78 is 29.7. The summed E-state index contributed by atoms with van der Waals surface area (Å²) in [4.78, 5) is 0. The lowest BCUT2D eigenvalue weighted by Gasteiger charge is -2.33. The molecule has 378 valence electrons. The molecule has 0 unspecified atom stereocenters. The zero-order valence-corrected chi connectivity index (χ0v) is 50.3. The Kier molecular flexibility index (Phi) is 16.8. The summed E-state index contributed by atoms with van der Waals surface area (Å²) in [6, 6.07) is 18.6. The van der Waals surface area contributed by atoms with Crippen LogP contribution in [0.15, 0.2) is 48.5 Å². The quantitative estimate of drug-likeness (QED) is 0.140. The highest BCUT2D eigenvalue weighted by Gasteiger charge is 2.34. The van der Waals surface area contributed by atoms with Crippen molar-refractivity contribution in [2.24, 2.45) is 0 Å². The first kappa shape index (κ1) is 57.5. The largest absolute Gasteiger partial charge is 0.438 e. The lowest BCUT2D eigenvalue weighted by Crippen LogP contribution is -2.21. The number of hydrogen-bond acceptors (Lipinski definition) is 4. The number of rotatable bonds is 11. The minimum atomic E-state index is -1.58. The first-order valence-electron chi connectivity index (χ1n) is 25.3. The molecule has 0 saturated heterocycles. The van der Waals surface area contributed by atoms with Crippen LogP contribution in [-0.2, 0) is 43.3 Å². The number of aryl methyl sites for hydroxylation is 4. The standard InChI is InChI=1S/C62H96O4P2/c1-39-31-51(47(59(17,18)19)35-43(39)55(5,6)7)63-67(64-52-32-40(2)44(56(8,9)10)36-48(52)60(20,21)22)29-30-68(65-53-33-41(3)45(57(11,12)13)37-49(53)61(23,24)25)66-54-34-42(4)46(58(14,15)16)38-50(54)62(26,27)28/h31-38H,29-30H2,1-28H3. The minimum Gasteiger partial charge on any atom is -0.438 e. The SMILES string of the molecule is Cc1cc(OP(CCP(Oc2cc(C)c(C(C)(C)C)cc2C(C)(C)C)Oc2cc(C)c(C(C)(C)C)cc2C(C)(C)C)Oc2cc(C)c(C(C)(C)C)cc2C(C)(C)C)c(C(C)(C)C)cc1C(C)(C)C. The van der Waals surface area contributed by atoms with Crippen LogP contribution in [-0.4, -0.2) is 12.3 Å². The smallest absolute Gasteiger partial charge is 0.290 e. The van der Waals surface area contributed by atoms with Gasteiger partial charge in [-0.05, 0) is 140 Å². The van der Waals surface area contributed by atoms with E-state index in [4.69, 9.17) is 18.1 Å². The fourth-order valence-electron chi connectivity index (χ4n) is 9.43. The normalized spacial score (nSPS) is 13.7. The molecular weight excluding hydrogens is 871 g/mol. The molecule has 0 aromatic heterocycles. The van der Waals surface area contributed by atoms with Crippen molar-refractivity contribution in [3.05, 3.63) is 115 Å². The zero-order valence-electron chi connectivity index (χ0n) is 48.6. The first-order valence-corrected chi connectivity index (χ1v) is 28.0. The molecule has 6 heteroatoms. The average Bonchev–Trinajstić information content (AvgIpc) is 3.09. The van der Waals surface area contributed by atoms with Crippen molar-refractivity contribution in [3.8, 4) is 23.0 Å². The topological polar surface area (TPSA) is 36.9 Å². The maximum absolute atomic E-state index is 7.42. The second kappa shape index (κ2) is 19.9. The third-order valence-corrected chi connectivity index (χ3v) is 16.2. The van der Waals surface area contributed by atoms with E-state index in [1.165, 1.54) is 66.8 Å². The summed E-state index contributed by atoms with van der Waals surface area (Å²) in [6.45, 7) is 63.8. The Labute approximate surface area is 420 Å². The van der Waals surface area contributed by atoms with Gasteiger partial charge in [0.25, 0.3) is 16.8 Å². The lowest BCUT2D eigenvalue weighted by atomic mass is 9.78. The molecule has 4 rings (SSSR count). The van der Waals surface area contributed by atoms with E-state index in [9.17, 15) is 0 Å². The summed E-state index contributed by atoms with van der Waals surface area (Å²) >= 11 is 0. The Balaban J connectivity index is 2.02. The number of hydrogen-bond donors (Lipinski definition) is 0. The summed E-state index contributed by atoms with van der Waals surface area (Å²) in [7, 11) is -3.16. The van der Waals surface area contributed by atoms with Crippen LogP contribution >= 0.6 is 16.8 Å². The molecule has 0 heterocycles. The zero-order chi connectivity index (χ0) is 52.3. The van der Waals surface area contributed by atoms with E-state index >= 15 is 0 Å². The maximum atomic E-state index is 7.42. The fourth-order valence-corrected chi connectivity index (χ4v) is 12.7. The van der Waals surface area contributed by atoms with E-state index < -0.39 is 16.8 Å². The highest BCUT2D eigenvalue weighted by molar-refractivity contribution is 7.52. The van der Waals surface area contributed by atoms with E-state index in [1.807, 2.05) is 0 Å². The summed E-state index contributed by atoms with van der Waals surface area (Å²) in [5.74, 6) is 3.53. The van der Waals surface area contributed by atoms with E-state index in [0.717, 1.165) is 23.0 Å². The third-order valence-electron chi connectivity index (χ3n) is 13.0. The molecular formula is C62H96O4P2. The van der Waals surface area contributed by atoms with Crippen molar-refractivity contribution in [2.45, 2.75) is 237 Å². The molecule has 0 aliphatic rings. The van der Waals surface area contributed by atoms with Gasteiger partial charge in [0.1, 0.15) is 23.0 Å². The van der Waals surface area contributed by atoms with Crippen molar-refractivity contribution in [1.29, 1.82) is 0 Å². The van der Waals surface area contributed by atoms with Crippen LogP contribution in [0.25, 0.3) is 0 Å². The fraction of sp³-hybridized carbons (Fsp3) is 0.613. The van der Waals surface area contributed by atoms with Crippen molar-refractivity contribution in [3.63, 3.8) is 0 Å². The summed E-state index contributed by atoms with van der Waals surface area (Å²) in [5.41, 5.74) is 14.2. The van der Waals surface area contributed by atoms with Gasteiger partial charge in [0.05, 0.1) is 12.3 Å². The van der Waals surface area contributed by atoms with Crippen LogP contribution in [0, 0.1) is 27.7 Å². The molecule has 68 heavy (non-hydrogen) atoms. The molecule has 0 fully saturated rings. The van der Waals surface area contributed by atoms with Crippen LogP contribution in [0.2, 0.25) is 0 Å². The van der Waals surface area contributed by atoms with Crippen molar-refractivity contribution < 1.29 is 18.1 Å². The molecule has 0 saturated carbocycles. The second-order valence-electron chi connectivity index (χ2n) is 28.1. The van der Waals surface area contributed by atoms with Crippen molar-refractivity contribution >= 4 is 16.8 Å². The van der Waals surface area contributed by atoms with E-state index in [2.05, 4.69) is 242 Å². The van der Waals surface area contributed by atoms with Crippen molar-refractivity contribution in [1.82, 2.24) is 0 Å². The summed E-state index contributed by atoms with van der Waals surface area (Å²) in [5, 5.41) is 0. The predicted octanol–water partition coefficient (Wildman–Crippen LogP) is 19.5. The Morgan fingerprint density at radius 3 is 0.529 bits per heavy atom. The van der Waals surface area contributed by atoms with E-state index in [-0.39, 0.29) is 43.3 Å². The minimum absolute atomic E-state index is 0.0208. The van der Waals surface area contributed by atoms with E-state index in [1.54, 1.807) is 0 Å². The average molecular weight is 967 g/mol. The molecule has 0 spiro atoms. The first-order chi connectivity index (χ1) is 30.4. The van der Waals surface area contributed by atoms with E-state index in [0.29, 0.717) is 12.3 Å². The Morgan fingerprint density at radius 1 is 0.250 bits per heavy atom. The molecule has 4 nitrogen and oxygen atoms in total. The molecule has 0 amide bonds. The van der Waals surface area contributed by atoms with Gasteiger partial charge in [-0.1, -0.05) is 190 Å². The molecule has 4 aromatic carbocycles. The highest BCUT2D eigenvalue weighted by Crippen LogP contribution is 2.54. The molecule has 0 radical (unpaired) electrons. The van der Waals surface area contributed by atoms with Gasteiger partial charge in [-0.25, -0.2) is 0 Å². The molecule has 0 N–H and O–H groups in total. The van der Waals surface area contributed by atoms with Crippen LogP contribution in [0.3, 0.4) is 0 Å². The molecule has 0 bridgehead atoms. The lowest BCUT2D eigenvalue weighted by molar-refractivity contribution is 0.448. The van der Waals surface area contributed by atoms with Crippen LogP contribution in [0.1, 0.15) is 233 Å². The van der Waals surface area contributed by atoms with Gasteiger partial charge in [-0.3, -0.25) is 0 Å². The van der Waals surface area contributed by atoms with Gasteiger partial charge in [0.2, 0.25) is 0 Å². The number of benzene rings is 4. The van der Waals surface area contributed by atoms with Gasteiger partial charge >= 0.3 is 0 Å². The van der Waals surface area contributed by atoms with Crippen LogP contribution in [0.4, 0.5) is 0 Å². The summed E-state index contributed by atoms with van der Waals surface area (Å²) in [6.07, 6.45) is 1.17. The van der Waals surface area contributed by atoms with Crippen LogP contribution in [0.5, 0.6) is 23.0 Å². The molecule has 0 atom stereocenters. The Hall–Kier alpha value is -3.06. The third kappa shape index (κ3) is 14.3. The molecule has 0 aliphatic carbocycles.